The van der Waals surface area contributed by atoms with E-state index < -0.39 is 36.9 Å². The van der Waals surface area contributed by atoms with Gasteiger partial charge in [0.2, 0.25) is 0 Å². The molecule has 1 N–H and O–H groups in total. The lowest BCUT2D eigenvalue weighted by Gasteiger charge is -2.08. The second-order valence-electron chi connectivity index (χ2n) is 5.25. The molecule has 0 aliphatic heterocycles. The Hall–Kier alpha value is -3.42. The molecule has 0 saturated carbocycles. The van der Waals surface area contributed by atoms with E-state index >= 15 is 0 Å². The number of carbonyl (C=O) groups is 3. The molecule has 0 spiro atoms. The Morgan fingerprint density at radius 1 is 1.00 bits per heavy atom. The van der Waals surface area contributed by atoms with Crippen LogP contribution in [0.3, 0.4) is 0 Å². The summed E-state index contributed by atoms with van der Waals surface area (Å²) >= 11 is 0. The van der Waals surface area contributed by atoms with E-state index in [0.717, 1.165) is 6.07 Å². The lowest BCUT2D eigenvalue weighted by Crippen LogP contribution is -2.23. The molecule has 27 heavy (non-hydrogen) atoms. The van der Waals surface area contributed by atoms with Crippen molar-refractivity contribution in [2.45, 2.75) is 6.92 Å². The monoisotopic (exact) mass is 375 g/mol. The molecule has 0 unspecified atom stereocenters. The van der Waals surface area contributed by atoms with Crippen molar-refractivity contribution in [2.75, 3.05) is 25.1 Å². The van der Waals surface area contributed by atoms with E-state index in [-0.39, 0.29) is 12.4 Å². The van der Waals surface area contributed by atoms with Crippen molar-refractivity contribution in [3.05, 3.63) is 59.9 Å². The number of anilines is 1. The molecule has 0 fully saturated rings. The maximum absolute atomic E-state index is 13.0. The molecular formula is C19H18FNO6. The van der Waals surface area contributed by atoms with E-state index in [1.165, 1.54) is 42.5 Å². The third-order valence-electron chi connectivity index (χ3n) is 3.20. The molecule has 0 atom stereocenters. The van der Waals surface area contributed by atoms with Crippen molar-refractivity contribution in [3.63, 3.8) is 0 Å². The van der Waals surface area contributed by atoms with Gasteiger partial charge in [0.05, 0.1) is 12.2 Å². The lowest BCUT2D eigenvalue weighted by atomic mass is 10.2. The Morgan fingerprint density at radius 2 is 1.74 bits per heavy atom. The molecule has 1 amide bonds. The summed E-state index contributed by atoms with van der Waals surface area (Å²) in [6.07, 6.45) is 0. The molecule has 142 valence electrons. The second-order valence-corrected chi connectivity index (χ2v) is 5.25. The number of ether oxygens (including phenoxy) is 3. The first kappa shape index (κ1) is 19.9. The highest BCUT2D eigenvalue weighted by Gasteiger charge is 2.10. The van der Waals surface area contributed by atoms with Crippen molar-refractivity contribution in [1.29, 1.82) is 0 Å². The molecule has 0 aliphatic rings. The fourth-order valence-electron chi connectivity index (χ4n) is 1.99. The quantitative estimate of drug-likeness (QED) is 0.713. The third kappa shape index (κ3) is 6.77. The predicted molar refractivity (Wildman–Crippen MR) is 93.9 cm³/mol. The van der Waals surface area contributed by atoms with Crippen molar-refractivity contribution in [3.8, 4) is 5.75 Å². The summed E-state index contributed by atoms with van der Waals surface area (Å²) in [5.41, 5.74) is 0.788. The van der Waals surface area contributed by atoms with Crippen LogP contribution >= 0.6 is 0 Å². The summed E-state index contributed by atoms with van der Waals surface area (Å²) in [6, 6.07) is 11.4. The molecule has 2 rings (SSSR count). The standard InChI is InChI=1S/C19H18FNO6/c1-2-25-19(24)13-6-8-15(9-7-13)21-17(22)11-27-18(23)12-26-16-5-3-4-14(20)10-16/h3-10H,2,11-12H2,1H3,(H,21,22). The Morgan fingerprint density at radius 3 is 2.41 bits per heavy atom. The topological polar surface area (TPSA) is 90.9 Å². The summed E-state index contributed by atoms with van der Waals surface area (Å²) in [5, 5.41) is 2.52. The largest absolute Gasteiger partial charge is 0.482 e. The minimum absolute atomic E-state index is 0.179. The Labute approximate surface area is 155 Å². The van der Waals surface area contributed by atoms with Crippen molar-refractivity contribution >= 4 is 23.5 Å². The summed E-state index contributed by atoms with van der Waals surface area (Å²) in [7, 11) is 0. The first-order valence-corrected chi connectivity index (χ1v) is 8.09. The Kier molecular flexibility index (Phi) is 7.30. The molecule has 7 nitrogen and oxygen atoms in total. The van der Waals surface area contributed by atoms with Gasteiger partial charge >= 0.3 is 11.9 Å². The molecule has 0 aliphatic carbocycles. The van der Waals surface area contributed by atoms with Crippen LogP contribution < -0.4 is 10.1 Å². The fourth-order valence-corrected chi connectivity index (χ4v) is 1.99. The van der Waals surface area contributed by atoms with Crippen molar-refractivity contribution in [1.82, 2.24) is 0 Å². The van der Waals surface area contributed by atoms with Crippen LogP contribution in [0, 0.1) is 5.82 Å². The highest BCUT2D eigenvalue weighted by atomic mass is 19.1. The second kappa shape index (κ2) is 9.91. The highest BCUT2D eigenvalue weighted by Crippen LogP contribution is 2.12. The van der Waals surface area contributed by atoms with Crippen LogP contribution in [-0.4, -0.2) is 37.7 Å². The van der Waals surface area contributed by atoms with Gasteiger partial charge in [0.25, 0.3) is 5.91 Å². The molecule has 0 bridgehead atoms. The molecule has 0 radical (unpaired) electrons. The molecule has 2 aromatic carbocycles. The number of carbonyl (C=O) groups excluding carboxylic acids is 3. The predicted octanol–water partition coefficient (Wildman–Crippen LogP) is 2.56. The van der Waals surface area contributed by atoms with Crippen LogP contribution in [0.5, 0.6) is 5.75 Å². The number of benzene rings is 2. The van der Waals surface area contributed by atoms with Crippen molar-refractivity contribution < 1.29 is 33.0 Å². The maximum Gasteiger partial charge on any atom is 0.344 e. The Balaban J connectivity index is 1.73. The molecule has 2 aromatic rings. The molecular weight excluding hydrogens is 357 g/mol. The van der Waals surface area contributed by atoms with Gasteiger partial charge in [-0.25, -0.2) is 14.0 Å². The first-order valence-electron chi connectivity index (χ1n) is 8.09. The molecule has 0 heterocycles. The number of amides is 1. The fraction of sp³-hybridized carbons (Fsp3) is 0.211. The minimum Gasteiger partial charge on any atom is -0.482 e. The normalized spacial score (nSPS) is 10.0. The zero-order chi connectivity index (χ0) is 19.6. The summed E-state index contributed by atoms with van der Waals surface area (Å²) in [6.45, 7) is 1.01. The maximum atomic E-state index is 13.0. The van der Waals surface area contributed by atoms with E-state index in [4.69, 9.17) is 14.2 Å². The number of halogens is 1. The van der Waals surface area contributed by atoms with Gasteiger partial charge in [-0.15, -0.1) is 0 Å². The summed E-state index contributed by atoms with van der Waals surface area (Å²) in [5.74, 6) is -2.10. The van der Waals surface area contributed by atoms with E-state index in [1.807, 2.05) is 0 Å². The van der Waals surface area contributed by atoms with E-state index in [9.17, 15) is 18.8 Å². The van der Waals surface area contributed by atoms with Gasteiger partial charge in [-0.2, -0.15) is 0 Å². The van der Waals surface area contributed by atoms with E-state index in [2.05, 4.69) is 5.32 Å². The Bertz CT molecular complexity index is 806. The number of hydrogen-bond donors (Lipinski definition) is 1. The SMILES string of the molecule is CCOC(=O)c1ccc(NC(=O)COC(=O)COc2cccc(F)c2)cc1. The van der Waals surface area contributed by atoms with Gasteiger partial charge in [0.1, 0.15) is 11.6 Å². The summed E-state index contributed by atoms with van der Waals surface area (Å²) < 4.78 is 27.7. The van der Waals surface area contributed by atoms with Gasteiger partial charge in [-0.05, 0) is 43.3 Å². The van der Waals surface area contributed by atoms with Gasteiger partial charge in [-0.3, -0.25) is 4.79 Å². The minimum atomic E-state index is -0.771. The first-order chi connectivity index (χ1) is 13.0. The van der Waals surface area contributed by atoms with Gasteiger partial charge in [-0.1, -0.05) is 6.07 Å². The summed E-state index contributed by atoms with van der Waals surface area (Å²) in [4.78, 5) is 34.9. The number of esters is 2. The molecule has 8 heteroatoms. The zero-order valence-electron chi connectivity index (χ0n) is 14.6. The highest BCUT2D eigenvalue weighted by molar-refractivity contribution is 5.94. The van der Waals surface area contributed by atoms with Gasteiger partial charge < -0.3 is 19.5 Å². The smallest absolute Gasteiger partial charge is 0.344 e. The average Bonchev–Trinajstić information content (AvgIpc) is 2.65. The van der Waals surface area contributed by atoms with Crippen molar-refractivity contribution in [2.24, 2.45) is 0 Å². The van der Waals surface area contributed by atoms with Crippen LogP contribution in [0.2, 0.25) is 0 Å². The van der Waals surface area contributed by atoms with Crippen LogP contribution in [0.25, 0.3) is 0 Å². The van der Waals surface area contributed by atoms with E-state index in [1.54, 1.807) is 6.92 Å². The number of rotatable bonds is 8. The number of nitrogens with one attached hydrogen (secondary N) is 1. The third-order valence-corrected chi connectivity index (χ3v) is 3.20. The van der Waals surface area contributed by atoms with E-state index in [0.29, 0.717) is 11.3 Å². The number of hydrogen-bond acceptors (Lipinski definition) is 6. The molecule has 0 aromatic heterocycles. The average molecular weight is 375 g/mol. The van der Waals surface area contributed by atoms with Crippen LogP contribution in [0.1, 0.15) is 17.3 Å². The van der Waals surface area contributed by atoms with Crippen LogP contribution in [0.4, 0.5) is 10.1 Å². The van der Waals surface area contributed by atoms with Gasteiger partial charge in [0, 0.05) is 11.8 Å². The lowest BCUT2D eigenvalue weighted by molar-refractivity contribution is -0.149. The zero-order valence-corrected chi connectivity index (χ0v) is 14.6. The van der Waals surface area contributed by atoms with Crippen LogP contribution in [0.15, 0.2) is 48.5 Å². The molecule has 0 saturated heterocycles. The van der Waals surface area contributed by atoms with Crippen LogP contribution in [-0.2, 0) is 19.1 Å². The van der Waals surface area contributed by atoms with Gasteiger partial charge in [0.15, 0.2) is 13.2 Å².